The number of nitrogens with zero attached hydrogens (tertiary/aromatic N) is 1. The van der Waals surface area contributed by atoms with Crippen LogP contribution in [0.2, 0.25) is 0 Å². The lowest BCUT2D eigenvalue weighted by molar-refractivity contribution is -0.123. The van der Waals surface area contributed by atoms with Crippen LogP contribution in [0.25, 0.3) is 0 Å². The number of hydrogen-bond acceptors (Lipinski definition) is 3. The molecule has 6 heteroatoms. The number of amides is 1. The molecular formula is C12H27Cl2N3O. The second-order valence-electron chi connectivity index (χ2n) is 5.06. The highest BCUT2D eigenvalue weighted by Gasteiger charge is 2.23. The summed E-state index contributed by atoms with van der Waals surface area (Å²) in [4.78, 5) is 14.1. The first kappa shape index (κ1) is 20.3. The lowest BCUT2D eigenvalue weighted by Crippen LogP contribution is -2.45. The lowest BCUT2D eigenvalue weighted by Gasteiger charge is -2.18. The van der Waals surface area contributed by atoms with Gasteiger partial charge >= 0.3 is 0 Å². The molecule has 0 aromatic rings. The summed E-state index contributed by atoms with van der Waals surface area (Å²) in [5.41, 5.74) is 5.78. The first-order valence-electron chi connectivity index (χ1n) is 6.30. The number of carbonyl (C=O) groups is 1. The minimum absolute atomic E-state index is 0. The van der Waals surface area contributed by atoms with Crippen molar-refractivity contribution >= 4 is 30.7 Å². The van der Waals surface area contributed by atoms with Crippen molar-refractivity contribution in [3.63, 3.8) is 0 Å². The van der Waals surface area contributed by atoms with Crippen molar-refractivity contribution in [2.45, 2.75) is 33.2 Å². The Morgan fingerprint density at radius 2 is 2.06 bits per heavy atom. The molecule has 0 aliphatic carbocycles. The Hall–Kier alpha value is -0.0300. The molecule has 1 saturated heterocycles. The Morgan fingerprint density at radius 3 is 2.50 bits per heavy atom. The molecule has 1 heterocycles. The van der Waals surface area contributed by atoms with Crippen LogP contribution in [0.3, 0.4) is 0 Å². The van der Waals surface area contributed by atoms with E-state index < -0.39 is 0 Å². The molecule has 0 bridgehead atoms. The highest BCUT2D eigenvalue weighted by Crippen LogP contribution is 2.14. The molecule has 0 aromatic carbocycles. The molecule has 2 atom stereocenters. The normalized spacial score (nSPS) is 21.1. The highest BCUT2D eigenvalue weighted by atomic mass is 35.5. The molecule has 0 radical (unpaired) electrons. The van der Waals surface area contributed by atoms with Crippen LogP contribution in [-0.4, -0.2) is 43.0 Å². The van der Waals surface area contributed by atoms with Gasteiger partial charge in [-0.15, -0.1) is 24.8 Å². The highest BCUT2D eigenvalue weighted by molar-refractivity contribution is 5.85. The van der Waals surface area contributed by atoms with Gasteiger partial charge in [-0.3, -0.25) is 4.79 Å². The van der Waals surface area contributed by atoms with Crippen LogP contribution < -0.4 is 11.1 Å². The Morgan fingerprint density at radius 1 is 1.44 bits per heavy atom. The van der Waals surface area contributed by atoms with Gasteiger partial charge < -0.3 is 16.0 Å². The van der Waals surface area contributed by atoms with Crippen molar-refractivity contribution in [1.82, 2.24) is 10.2 Å². The molecule has 110 valence electrons. The summed E-state index contributed by atoms with van der Waals surface area (Å²) < 4.78 is 0. The van der Waals surface area contributed by atoms with E-state index in [4.69, 9.17) is 5.73 Å². The maximum Gasteiger partial charge on any atom is 0.237 e. The number of nitrogens with two attached hydrogens (primary N) is 1. The van der Waals surface area contributed by atoms with E-state index in [1.165, 1.54) is 6.42 Å². The quantitative estimate of drug-likeness (QED) is 0.804. The second-order valence-corrected chi connectivity index (χ2v) is 5.06. The van der Waals surface area contributed by atoms with E-state index in [1.807, 2.05) is 13.8 Å². The van der Waals surface area contributed by atoms with Gasteiger partial charge in [0.15, 0.2) is 0 Å². The number of nitrogens with one attached hydrogen (secondary N) is 1. The van der Waals surface area contributed by atoms with Gasteiger partial charge in [0.25, 0.3) is 0 Å². The number of carbonyl (C=O) groups excluding carboxylic acids is 1. The summed E-state index contributed by atoms with van der Waals surface area (Å²) in [6.07, 6.45) is 1.19. The Kier molecular flexibility index (Phi) is 11.1. The molecule has 1 aliphatic heterocycles. The van der Waals surface area contributed by atoms with Crippen LogP contribution in [0.15, 0.2) is 0 Å². The van der Waals surface area contributed by atoms with Gasteiger partial charge in [-0.2, -0.15) is 0 Å². The average Bonchev–Trinajstić information content (AvgIpc) is 2.72. The average molecular weight is 300 g/mol. The summed E-state index contributed by atoms with van der Waals surface area (Å²) in [7, 11) is 0. The first-order chi connectivity index (χ1) is 7.54. The van der Waals surface area contributed by atoms with E-state index in [0.717, 1.165) is 26.2 Å². The van der Waals surface area contributed by atoms with Crippen molar-refractivity contribution in [1.29, 1.82) is 0 Å². The molecule has 1 unspecified atom stereocenters. The van der Waals surface area contributed by atoms with Crippen LogP contribution in [0.5, 0.6) is 0 Å². The van der Waals surface area contributed by atoms with E-state index in [2.05, 4.69) is 17.1 Å². The van der Waals surface area contributed by atoms with Crippen molar-refractivity contribution in [2.75, 3.05) is 26.2 Å². The Balaban J connectivity index is 0. The van der Waals surface area contributed by atoms with E-state index in [0.29, 0.717) is 5.92 Å². The van der Waals surface area contributed by atoms with Crippen LogP contribution in [0, 0.1) is 11.8 Å². The molecule has 1 aliphatic rings. The number of halogens is 2. The summed E-state index contributed by atoms with van der Waals surface area (Å²) >= 11 is 0. The first-order valence-corrected chi connectivity index (χ1v) is 6.30. The van der Waals surface area contributed by atoms with Gasteiger partial charge in [0.05, 0.1) is 6.04 Å². The number of rotatable bonds is 5. The molecule has 0 aromatic heterocycles. The third-order valence-electron chi connectivity index (χ3n) is 3.40. The van der Waals surface area contributed by atoms with Gasteiger partial charge in [0.1, 0.15) is 0 Å². The lowest BCUT2D eigenvalue weighted by atomic mass is 10.0. The fourth-order valence-corrected chi connectivity index (χ4v) is 2.03. The molecular weight excluding hydrogens is 273 g/mol. The minimum atomic E-state index is -0.372. The monoisotopic (exact) mass is 299 g/mol. The van der Waals surface area contributed by atoms with Gasteiger partial charge in [-0.05, 0) is 31.3 Å². The van der Waals surface area contributed by atoms with E-state index in [9.17, 15) is 4.79 Å². The summed E-state index contributed by atoms with van der Waals surface area (Å²) in [5.74, 6) is 0.795. The van der Waals surface area contributed by atoms with Crippen LogP contribution >= 0.6 is 24.8 Å². The van der Waals surface area contributed by atoms with Crippen molar-refractivity contribution in [3.05, 3.63) is 0 Å². The van der Waals surface area contributed by atoms with Gasteiger partial charge in [0.2, 0.25) is 5.91 Å². The molecule has 18 heavy (non-hydrogen) atoms. The Labute approximate surface area is 123 Å². The second kappa shape index (κ2) is 9.84. The SMILES string of the molecule is CCN1CCC(CNC(=O)[C@@H](N)C(C)C)C1.Cl.Cl. The molecule has 3 N–H and O–H groups in total. The number of likely N-dealkylation sites (tertiary alicyclic amines) is 1. The molecule has 1 amide bonds. The van der Waals surface area contributed by atoms with Crippen molar-refractivity contribution < 1.29 is 4.79 Å². The van der Waals surface area contributed by atoms with Crippen LogP contribution in [0.1, 0.15) is 27.2 Å². The van der Waals surface area contributed by atoms with Crippen LogP contribution in [0.4, 0.5) is 0 Å². The Bertz CT molecular complexity index is 239. The van der Waals surface area contributed by atoms with Gasteiger partial charge in [-0.1, -0.05) is 20.8 Å². The zero-order valence-corrected chi connectivity index (χ0v) is 13.1. The van der Waals surface area contributed by atoms with E-state index >= 15 is 0 Å². The summed E-state index contributed by atoms with van der Waals surface area (Å²) in [5, 5.41) is 2.96. The zero-order chi connectivity index (χ0) is 12.1. The smallest absolute Gasteiger partial charge is 0.237 e. The maximum absolute atomic E-state index is 11.6. The van der Waals surface area contributed by atoms with Crippen molar-refractivity contribution in [2.24, 2.45) is 17.6 Å². The summed E-state index contributed by atoms with van der Waals surface area (Å²) in [6, 6.07) is -0.372. The molecule has 0 saturated carbocycles. The van der Waals surface area contributed by atoms with E-state index in [1.54, 1.807) is 0 Å². The topological polar surface area (TPSA) is 58.4 Å². The molecule has 1 rings (SSSR count). The predicted octanol–water partition coefficient (Wildman–Crippen LogP) is 1.27. The third-order valence-corrected chi connectivity index (χ3v) is 3.40. The predicted molar refractivity (Wildman–Crippen MR) is 80.5 cm³/mol. The van der Waals surface area contributed by atoms with Gasteiger partial charge in [0, 0.05) is 13.1 Å². The van der Waals surface area contributed by atoms with Crippen LogP contribution in [-0.2, 0) is 4.79 Å². The fraction of sp³-hybridized carbons (Fsp3) is 0.917. The zero-order valence-electron chi connectivity index (χ0n) is 11.5. The number of hydrogen-bond donors (Lipinski definition) is 2. The molecule has 0 spiro atoms. The van der Waals surface area contributed by atoms with Crippen molar-refractivity contribution in [3.8, 4) is 0 Å². The summed E-state index contributed by atoms with van der Waals surface area (Å²) in [6.45, 7) is 10.3. The maximum atomic E-state index is 11.6. The molecule has 1 fully saturated rings. The fourth-order valence-electron chi connectivity index (χ4n) is 2.03. The largest absolute Gasteiger partial charge is 0.354 e. The molecule has 4 nitrogen and oxygen atoms in total. The standard InChI is InChI=1S/C12H25N3O.2ClH/c1-4-15-6-5-10(8-15)7-14-12(16)11(13)9(2)3;;/h9-11H,4-8,13H2,1-3H3,(H,14,16);2*1H/t10?,11-;;/m0../s1. The van der Waals surface area contributed by atoms with E-state index in [-0.39, 0.29) is 42.7 Å². The van der Waals surface area contributed by atoms with Gasteiger partial charge in [-0.25, -0.2) is 0 Å². The minimum Gasteiger partial charge on any atom is -0.354 e. The third kappa shape index (κ3) is 6.23.